The average molecular weight is 266 g/mol. The van der Waals surface area contributed by atoms with E-state index in [4.69, 9.17) is 4.74 Å². The number of Topliss-reactive ketones (excluding diaryl/α,β-unsaturated/α-hetero) is 1. The van der Waals surface area contributed by atoms with Crippen LogP contribution in [0.25, 0.3) is 0 Å². The van der Waals surface area contributed by atoms with Crippen molar-refractivity contribution in [3.05, 3.63) is 23.8 Å². The van der Waals surface area contributed by atoms with Gasteiger partial charge in [-0.1, -0.05) is 37.5 Å². The maximum atomic E-state index is 11.3. The molecule has 0 aromatic heterocycles. The van der Waals surface area contributed by atoms with Crippen molar-refractivity contribution in [3.63, 3.8) is 0 Å². The van der Waals surface area contributed by atoms with Crippen LogP contribution in [0.15, 0.2) is 23.8 Å². The first-order chi connectivity index (χ1) is 9.10. The van der Waals surface area contributed by atoms with Crippen LogP contribution >= 0.6 is 0 Å². The maximum Gasteiger partial charge on any atom is 0.330 e. The molecule has 0 spiro atoms. The summed E-state index contributed by atoms with van der Waals surface area (Å²) in [5, 5.41) is 0. The predicted octanol–water partition coefficient (Wildman–Crippen LogP) is 3.98. The third kappa shape index (κ3) is 11.4. The molecule has 0 saturated heterocycles. The van der Waals surface area contributed by atoms with Crippen molar-refractivity contribution in [1.82, 2.24) is 0 Å². The fourth-order valence-electron chi connectivity index (χ4n) is 1.62. The Kier molecular flexibility index (Phi) is 10.8. The second-order valence-electron chi connectivity index (χ2n) is 4.56. The molecule has 0 amide bonds. The van der Waals surface area contributed by atoms with Gasteiger partial charge in [0.15, 0.2) is 0 Å². The lowest BCUT2D eigenvalue weighted by Crippen LogP contribution is -1.99. The van der Waals surface area contributed by atoms with E-state index in [-0.39, 0.29) is 11.8 Å². The lowest BCUT2D eigenvalue weighted by atomic mass is 10.0. The zero-order chi connectivity index (χ0) is 14.5. The van der Waals surface area contributed by atoms with Crippen molar-refractivity contribution in [2.24, 2.45) is 0 Å². The highest BCUT2D eigenvalue weighted by atomic mass is 16.5. The number of ketones is 1. The van der Waals surface area contributed by atoms with E-state index in [9.17, 15) is 9.59 Å². The summed E-state index contributed by atoms with van der Waals surface area (Å²) in [6.07, 6.45) is 11.1. The summed E-state index contributed by atoms with van der Waals surface area (Å²) in [7, 11) is 0. The number of hydrogen-bond acceptors (Lipinski definition) is 3. The maximum absolute atomic E-state index is 11.3. The Morgan fingerprint density at radius 3 is 2.37 bits per heavy atom. The van der Waals surface area contributed by atoms with Crippen molar-refractivity contribution >= 4 is 11.8 Å². The van der Waals surface area contributed by atoms with Crippen LogP contribution in [-0.4, -0.2) is 18.4 Å². The summed E-state index contributed by atoms with van der Waals surface area (Å²) >= 11 is 0. The molecule has 3 heteroatoms. The molecule has 0 rings (SSSR count). The first kappa shape index (κ1) is 17.6. The number of hydrogen-bond donors (Lipinski definition) is 0. The Balaban J connectivity index is 4.38. The molecule has 0 aliphatic carbocycles. The lowest BCUT2D eigenvalue weighted by Gasteiger charge is -2.02. The minimum atomic E-state index is -0.329. The van der Waals surface area contributed by atoms with E-state index in [1.807, 2.05) is 0 Å². The van der Waals surface area contributed by atoms with Gasteiger partial charge in [-0.25, -0.2) is 4.79 Å². The van der Waals surface area contributed by atoms with E-state index in [1.54, 1.807) is 19.9 Å². The van der Waals surface area contributed by atoms with E-state index >= 15 is 0 Å². The Morgan fingerprint density at radius 2 is 1.79 bits per heavy atom. The van der Waals surface area contributed by atoms with Gasteiger partial charge in [-0.05, 0) is 33.1 Å². The number of esters is 1. The first-order valence-electron chi connectivity index (χ1n) is 7.13. The largest absolute Gasteiger partial charge is 0.463 e. The quantitative estimate of drug-likeness (QED) is 0.260. The molecule has 0 saturated carbocycles. The minimum Gasteiger partial charge on any atom is -0.463 e. The third-order valence-electron chi connectivity index (χ3n) is 2.70. The number of ether oxygens (including phenoxy) is 1. The van der Waals surface area contributed by atoms with Crippen molar-refractivity contribution in [1.29, 1.82) is 0 Å². The van der Waals surface area contributed by atoms with Gasteiger partial charge in [0.1, 0.15) is 5.78 Å². The summed E-state index contributed by atoms with van der Waals surface area (Å²) in [5.74, 6) is -0.159. The monoisotopic (exact) mass is 266 g/mol. The zero-order valence-electron chi connectivity index (χ0n) is 12.4. The fraction of sp³-hybridized carbons (Fsp3) is 0.625. The molecule has 108 valence electrons. The van der Waals surface area contributed by atoms with E-state index < -0.39 is 0 Å². The van der Waals surface area contributed by atoms with E-state index in [0.29, 0.717) is 19.4 Å². The zero-order valence-corrected chi connectivity index (χ0v) is 12.4. The van der Waals surface area contributed by atoms with E-state index in [2.05, 4.69) is 13.0 Å². The van der Waals surface area contributed by atoms with Gasteiger partial charge in [0.25, 0.3) is 0 Å². The van der Waals surface area contributed by atoms with Crippen LogP contribution in [0.5, 0.6) is 0 Å². The summed E-state index contributed by atoms with van der Waals surface area (Å²) in [6, 6.07) is 0. The molecule has 0 aromatic carbocycles. The minimum absolute atomic E-state index is 0.170. The molecule has 0 unspecified atom stereocenters. The van der Waals surface area contributed by atoms with Gasteiger partial charge >= 0.3 is 5.97 Å². The highest BCUT2D eigenvalue weighted by Gasteiger charge is 1.99. The Bertz CT molecular complexity index is 327. The molecule has 0 heterocycles. The average Bonchev–Trinajstić information content (AvgIpc) is 2.37. The Labute approximate surface area is 116 Å². The predicted molar refractivity (Wildman–Crippen MR) is 77.9 cm³/mol. The molecule has 3 nitrogen and oxygen atoms in total. The summed E-state index contributed by atoms with van der Waals surface area (Å²) < 4.78 is 4.84. The summed E-state index contributed by atoms with van der Waals surface area (Å²) in [6.45, 7) is 5.92. The van der Waals surface area contributed by atoms with Gasteiger partial charge in [-0.15, -0.1) is 0 Å². The second kappa shape index (κ2) is 11.7. The van der Waals surface area contributed by atoms with Crippen molar-refractivity contribution in [2.45, 2.75) is 59.3 Å². The molecule has 0 radical (unpaired) electrons. The third-order valence-corrected chi connectivity index (χ3v) is 2.70. The summed E-state index contributed by atoms with van der Waals surface area (Å²) in [5.41, 5.74) is 1.04. The van der Waals surface area contributed by atoms with Crippen LogP contribution in [0, 0.1) is 0 Å². The van der Waals surface area contributed by atoms with Crippen LogP contribution in [0.3, 0.4) is 0 Å². The molecule has 0 atom stereocenters. The first-order valence-corrected chi connectivity index (χ1v) is 7.13. The number of unbranched alkanes of at least 4 members (excludes halogenated alkanes) is 3. The molecular formula is C16H26O3. The number of carbonyl (C=O) groups is 2. The summed E-state index contributed by atoms with van der Waals surface area (Å²) in [4.78, 5) is 22.3. The van der Waals surface area contributed by atoms with E-state index in [0.717, 1.165) is 18.4 Å². The van der Waals surface area contributed by atoms with Gasteiger partial charge < -0.3 is 9.53 Å². The second-order valence-corrected chi connectivity index (χ2v) is 4.56. The van der Waals surface area contributed by atoms with Gasteiger partial charge in [0.2, 0.25) is 0 Å². The van der Waals surface area contributed by atoms with Gasteiger partial charge in [-0.2, -0.15) is 0 Å². The Morgan fingerprint density at radius 1 is 1.05 bits per heavy atom. The SMILES string of the molecule is CCCCC/C=C(/C=C/C(=O)OCC)CCC(C)=O. The standard InChI is InChI=1S/C16H26O3/c1-4-6-7-8-9-15(11-10-14(3)17)12-13-16(18)19-5-2/h9,12-13H,4-8,10-11H2,1-3H3/b13-12+,15-9+. The highest BCUT2D eigenvalue weighted by molar-refractivity contribution is 5.82. The molecule has 0 aromatic rings. The molecule has 0 aliphatic heterocycles. The number of rotatable bonds is 10. The molecule has 0 aliphatic rings. The van der Waals surface area contributed by atoms with Crippen LogP contribution in [0.1, 0.15) is 59.3 Å². The van der Waals surface area contributed by atoms with Crippen LogP contribution in [-0.2, 0) is 14.3 Å². The van der Waals surface area contributed by atoms with Crippen molar-refractivity contribution < 1.29 is 14.3 Å². The molecule has 19 heavy (non-hydrogen) atoms. The fourth-order valence-corrected chi connectivity index (χ4v) is 1.62. The van der Waals surface area contributed by atoms with Crippen LogP contribution in [0.4, 0.5) is 0 Å². The van der Waals surface area contributed by atoms with Gasteiger partial charge in [0, 0.05) is 12.5 Å². The van der Waals surface area contributed by atoms with Crippen molar-refractivity contribution in [2.75, 3.05) is 6.61 Å². The van der Waals surface area contributed by atoms with Crippen LogP contribution in [0.2, 0.25) is 0 Å². The van der Waals surface area contributed by atoms with E-state index in [1.165, 1.54) is 18.9 Å². The normalized spacial score (nSPS) is 11.8. The number of carbonyl (C=O) groups excluding carboxylic acids is 2. The molecular weight excluding hydrogens is 240 g/mol. The molecule has 0 N–H and O–H groups in total. The topological polar surface area (TPSA) is 43.4 Å². The molecule has 0 bridgehead atoms. The number of allylic oxidation sites excluding steroid dienone is 3. The van der Waals surface area contributed by atoms with Gasteiger partial charge in [0.05, 0.1) is 6.61 Å². The highest BCUT2D eigenvalue weighted by Crippen LogP contribution is 2.11. The Hall–Kier alpha value is -1.38. The van der Waals surface area contributed by atoms with Crippen molar-refractivity contribution in [3.8, 4) is 0 Å². The smallest absolute Gasteiger partial charge is 0.330 e. The van der Waals surface area contributed by atoms with Gasteiger partial charge in [-0.3, -0.25) is 0 Å². The lowest BCUT2D eigenvalue weighted by molar-refractivity contribution is -0.137. The van der Waals surface area contributed by atoms with Crippen LogP contribution < -0.4 is 0 Å². The molecule has 0 fully saturated rings.